The SMILES string of the molecule is COC(=O)C(NC(=O)c1ccc2cc(OC)ccc2n1)C(C)C. The van der Waals surface area contributed by atoms with E-state index in [0.717, 1.165) is 11.1 Å². The zero-order chi connectivity index (χ0) is 17.0. The van der Waals surface area contributed by atoms with Gasteiger partial charge in [0.05, 0.1) is 19.7 Å². The Morgan fingerprint density at radius 3 is 2.48 bits per heavy atom. The average molecular weight is 316 g/mol. The number of aromatic nitrogens is 1. The molecule has 0 bridgehead atoms. The third kappa shape index (κ3) is 3.77. The number of amides is 1. The van der Waals surface area contributed by atoms with Gasteiger partial charge in [0.2, 0.25) is 0 Å². The van der Waals surface area contributed by atoms with Crippen LogP contribution in [0.4, 0.5) is 0 Å². The molecule has 0 aliphatic heterocycles. The van der Waals surface area contributed by atoms with E-state index in [1.807, 2.05) is 19.9 Å². The van der Waals surface area contributed by atoms with Gasteiger partial charge in [-0.2, -0.15) is 0 Å². The summed E-state index contributed by atoms with van der Waals surface area (Å²) >= 11 is 0. The number of nitrogens with one attached hydrogen (secondary N) is 1. The van der Waals surface area contributed by atoms with Crippen LogP contribution in [0.5, 0.6) is 5.75 Å². The molecule has 1 atom stereocenters. The molecule has 1 amide bonds. The first kappa shape index (κ1) is 16.7. The molecular formula is C17H20N2O4. The summed E-state index contributed by atoms with van der Waals surface area (Å²) in [5.74, 6) is -0.246. The number of pyridine rings is 1. The predicted molar refractivity (Wildman–Crippen MR) is 86.4 cm³/mol. The Morgan fingerprint density at radius 1 is 1.13 bits per heavy atom. The first-order valence-electron chi connectivity index (χ1n) is 7.29. The lowest BCUT2D eigenvalue weighted by Crippen LogP contribution is -2.45. The van der Waals surface area contributed by atoms with E-state index in [-0.39, 0.29) is 11.6 Å². The second-order valence-corrected chi connectivity index (χ2v) is 5.47. The summed E-state index contributed by atoms with van der Waals surface area (Å²) in [6, 6.07) is 8.11. The topological polar surface area (TPSA) is 77.5 Å². The second kappa shape index (κ2) is 7.09. The molecule has 0 radical (unpaired) electrons. The summed E-state index contributed by atoms with van der Waals surface area (Å²) in [6.07, 6.45) is 0. The van der Waals surface area contributed by atoms with E-state index in [1.165, 1.54) is 7.11 Å². The maximum absolute atomic E-state index is 12.3. The van der Waals surface area contributed by atoms with E-state index in [4.69, 9.17) is 9.47 Å². The smallest absolute Gasteiger partial charge is 0.328 e. The van der Waals surface area contributed by atoms with E-state index in [1.54, 1.807) is 31.4 Å². The monoisotopic (exact) mass is 316 g/mol. The highest BCUT2D eigenvalue weighted by Crippen LogP contribution is 2.19. The molecule has 0 fully saturated rings. The molecular weight excluding hydrogens is 296 g/mol. The molecule has 6 nitrogen and oxygen atoms in total. The lowest BCUT2D eigenvalue weighted by molar-refractivity contribution is -0.144. The lowest BCUT2D eigenvalue weighted by atomic mass is 10.0. The maximum Gasteiger partial charge on any atom is 0.328 e. The van der Waals surface area contributed by atoms with Crippen LogP contribution in [0.1, 0.15) is 24.3 Å². The van der Waals surface area contributed by atoms with Crippen molar-refractivity contribution in [3.8, 4) is 5.75 Å². The average Bonchev–Trinajstić information content (AvgIpc) is 2.57. The minimum absolute atomic E-state index is 0.0869. The van der Waals surface area contributed by atoms with Crippen LogP contribution in [0.15, 0.2) is 30.3 Å². The van der Waals surface area contributed by atoms with Gasteiger partial charge >= 0.3 is 5.97 Å². The van der Waals surface area contributed by atoms with Crippen LogP contribution in [0.3, 0.4) is 0 Å². The predicted octanol–water partition coefficient (Wildman–Crippen LogP) is 2.17. The zero-order valence-corrected chi connectivity index (χ0v) is 13.6. The highest BCUT2D eigenvalue weighted by Gasteiger charge is 2.25. The van der Waals surface area contributed by atoms with Crippen LogP contribution in [-0.2, 0) is 9.53 Å². The number of nitrogens with zero attached hydrogens (tertiary/aromatic N) is 1. The van der Waals surface area contributed by atoms with Gasteiger partial charge in [-0.1, -0.05) is 19.9 Å². The molecule has 1 aromatic carbocycles. The fourth-order valence-corrected chi connectivity index (χ4v) is 2.20. The summed E-state index contributed by atoms with van der Waals surface area (Å²) in [5, 5.41) is 3.54. The largest absolute Gasteiger partial charge is 0.497 e. The van der Waals surface area contributed by atoms with Crippen LogP contribution in [0.25, 0.3) is 10.9 Å². The molecule has 1 heterocycles. The van der Waals surface area contributed by atoms with Gasteiger partial charge < -0.3 is 14.8 Å². The molecule has 0 saturated carbocycles. The van der Waals surface area contributed by atoms with E-state index in [9.17, 15) is 9.59 Å². The van der Waals surface area contributed by atoms with Crippen molar-refractivity contribution in [1.82, 2.24) is 10.3 Å². The van der Waals surface area contributed by atoms with Crippen molar-refractivity contribution in [2.75, 3.05) is 14.2 Å². The highest BCUT2D eigenvalue weighted by atomic mass is 16.5. The van der Waals surface area contributed by atoms with Gasteiger partial charge in [-0.05, 0) is 30.2 Å². The van der Waals surface area contributed by atoms with E-state index in [2.05, 4.69) is 10.3 Å². The van der Waals surface area contributed by atoms with E-state index >= 15 is 0 Å². The highest BCUT2D eigenvalue weighted by molar-refractivity contribution is 5.97. The third-order valence-corrected chi connectivity index (χ3v) is 3.54. The quantitative estimate of drug-likeness (QED) is 0.855. The molecule has 122 valence electrons. The second-order valence-electron chi connectivity index (χ2n) is 5.47. The summed E-state index contributed by atoms with van der Waals surface area (Å²) in [5.41, 5.74) is 0.926. The number of benzene rings is 1. The fourth-order valence-electron chi connectivity index (χ4n) is 2.20. The molecule has 0 spiro atoms. The number of methoxy groups -OCH3 is 2. The normalized spacial score (nSPS) is 12.0. The summed E-state index contributed by atoms with van der Waals surface area (Å²) in [6.45, 7) is 3.67. The summed E-state index contributed by atoms with van der Waals surface area (Å²) < 4.78 is 9.88. The number of hydrogen-bond acceptors (Lipinski definition) is 5. The van der Waals surface area contributed by atoms with Crippen LogP contribution in [-0.4, -0.2) is 37.1 Å². The third-order valence-electron chi connectivity index (χ3n) is 3.54. The van der Waals surface area contributed by atoms with Crippen molar-refractivity contribution < 1.29 is 19.1 Å². The number of carbonyl (C=O) groups is 2. The minimum Gasteiger partial charge on any atom is -0.497 e. The lowest BCUT2D eigenvalue weighted by Gasteiger charge is -2.19. The fraction of sp³-hybridized carbons (Fsp3) is 0.353. The van der Waals surface area contributed by atoms with E-state index < -0.39 is 17.9 Å². The van der Waals surface area contributed by atoms with Crippen molar-refractivity contribution in [3.05, 3.63) is 36.0 Å². The molecule has 1 unspecified atom stereocenters. The summed E-state index contributed by atoms with van der Waals surface area (Å²) in [7, 11) is 2.89. The Labute approximate surface area is 134 Å². The van der Waals surface area contributed by atoms with Crippen molar-refractivity contribution in [3.63, 3.8) is 0 Å². The molecule has 6 heteroatoms. The molecule has 23 heavy (non-hydrogen) atoms. The number of esters is 1. The first-order valence-corrected chi connectivity index (χ1v) is 7.29. The van der Waals surface area contributed by atoms with Gasteiger partial charge in [-0.3, -0.25) is 4.79 Å². The number of fused-ring (bicyclic) bond motifs is 1. The Bertz CT molecular complexity index is 728. The van der Waals surface area contributed by atoms with Crippen molar-refractivity contribution >= 4 is 22.8 Å². The van der Waals surface area contributed by atoms with Crippen LogP contribution < -0.4 is 10.1 Å². The molecule has 0 saturated heterocycles. The first-order chi connectivity index (χ1) is 11.0. The molecule has 2 aromatic rings. The van der Waals surface area contributed by atoms with Gasteiger partial charge in [0.15, 0.2) is 0 Å². The molecule has 1 N–H and O–H groups in total. The van der Waals surface area contributed by atoms with Crippen LogP contribution in [0, 0.1) is 5.92 Å². The van der Waals surface area contributed by atoms with Gasteiger partial charge in [-0.15, -0.1) is 0 Å². The number of carbonyl (C=O) groups excluding carboxylic acids is 2. The Kier molecular flexibility index (Phi) is 5.16. The zero-order valence-electron chi connectivity index (χ0n) is 13.6. The Hall–Kier alpha value is -2.63. The Balaban J connectivity index is 2.25. The minimum atomic E-state index is -0.708. The Morgan fingerprint density at radius 2 is 1.87 bits per heavy atom. The molecule has 0 aliphatic rings. The van der Waals surface area contributed by atoms with Gasteiger partial charge in [0, 0.05) is 5.39 Å². The van der Waals surface area contributed by atoms with Crippen molar-refractivity contribution in [1.29, 1.82) is 0 Å². The summed E-state index contributed by atoms with van der Waals surface area (Å²) in [4.78, 5) is 28.4. The molecule has 1 aromatic heterocycles. The van der Waals surface area contributed by atoms with Crippen molar-refractivity contribution in [2.45, 2.75) is 19.9 Å². The van der Waals surface area contributed by atoms with E-state index in [0.29, 0.717) is 5.52 Å². The van der Waals surface area contributed by atoms with Gasteiger partial charge in [-0.25, -0.2) is 9.78 Å². The molecule has 0 aliphatic carbocycles. The van der Waals surface area contributed by atoms with Crippen LogP contribution in [0.2, 0.25) is 0 Å². The number of rotatable bonds is 5. The van der Waals surface area contributed by atoms with Crippen LogP contribution >= 0.6 is 0 Å². The van der Waals surface area contributed by atoms with Gasteiger partial charge in [0.25, 0.3) is 5.91 Å². The molecule has 2 rings (SSSR count). The maximum atomic E-state index is 12.3. The number of ether oxygens (including phenoxy) is 2. The standard InChI is InChI=1S/C17H20N2O4/c1-10(2)15(17(21)23-4)19-16(20)14-7-5-11-9-12(22-3)6-8-13(11)18-14/h5-10,15H,1-4H3,(H,19,20). The van der Waals surface area contributed by atoms with Gasteiger partial charge in [0.1, 0.15) is 17.5 Å². The van der Waals surface area contributed by atoms with Crippen molar-refractivity contribution in [2.24, 2.45) is 5.92 Å². The number of hydrogen-bond donors (Lipinski definition) is 1.